The van der Waals surface area contributed by atoms with E-state index in [1.807, 2.05) is 0 Å². The van der Waals surface area contributed by atoms with Gasteiger partial charge < -0.3 is 9.84 Å². The van der Waals surface area contributed by atoms with Crippen molar-refractivity contribution in [3.63, 3.8) is 0 Å². The smallest absolute Gasteiger partial charge is 0.347 e. The number of aromatic carboxylic acids is 1. The molecule has 1 N–H and O–H groups in total. The quantitative estimate of drug-likeness (QED) is 0.426. The number of hydrogen-bond acceptors (Lipinski definition) is 7. The second kappa shape index (κ2) is 8.44. The number of halogens is 1. The molecular formula is C21H16FN5O3S. The Bertz CT molecular complexity index is 1270. The normalized spacial score (nSPS) is 10.8. The van der Waals surface area contributed by atoms with Crippen molar-refractivity contribution in [2.75, 3.05) is 0 Å². The fourth-order valence-electron chi connectivity index (χ4n) is 2.94. The second-order valence-electron chi connectivity index (χ2n) is 6.54. The van der Waals surface area contributed by atoms with Crippen molar-refractivity contribution in [3.05, 3.63) is 77.3 Å². The lowest BCUT2D eigenvalue weighted by Gasteiger charge is -2.13. The van der Waals surface area contributed by atoms with Crippen LogP contribution >= 0.6 is 11.3 Å². The van der Waals surface area contributed by atoms with E-state index < -0.39 is 11.8 Å². The lowest BCUT2D eigenvalue weighted by molar-refractivity contribution is 0.0701. The van der Waals surface area contributed by atoms with Crippen molar-refractivity contribution >= 4 is 17.3 Å². The third-order valence-corrected chi connectivity index (χ3v) is 5.58. The van der Waals surface area contributed by atoms with Crippen molar-refractivity contribution in [3.8, 4) is 27.8 Å². The minimum atomic E-state index is -1.03. The third kappa shape index (κ3) is 4.19. The van der Waals surface area contributed by atoms with E-state index >= 15 is 0 Å². The van der Waals surface area contributed by atoms with Crippen LogP contribution in [0, 0.1) is 12.7 Å². The number of aryl methyl sites for hydroxylation is 1. The van der Waals surface area contributed by atoms with Gasteiger partial charge in [0, 0.05) is 5.56 Å². The zero-order chi connectivity index (χ0) is 22.0. The van der Waals surface area contributed by atoms with Crippen LogP contribution in [0.3, 0.4) is 0 Å². The van der Waals surface area contributed by atoms with Crippen LogP contribution in [0.5, 0.6) is 11.5 Å². The molecule has 0 radical (unpaired) electrons. The summed E-state index contributed by atoms with van der Waals surface area (Å²) in [6, 6.07) is 9.69. The Morgan fingerprint density at radius 1 is 1.29 bits per heavy atom. The molecule has 0 atom stereocenters. The summed E-state index contributed by atoms with van der Waals surface area (Å²) in [6.07, 6.45) is 3.68. The molecule has 4 aromatic rings. The molecule has 0 fully saturated rings. The first-order valence-electron chi connectivity index (χ1n) is 9.12. The van der Waals surface area contributed by atoms with Gasteiger partial charge in [-0.3, -0.25) is 0 Å². The molecule has 4 rings (SSSR count). The standard InChI is InChI=1S/C21H16FN5O3S/c1-3-4-13-5-7-15(22)18(9-13)30-17-8-6-14(10-16(17)27-11-23-25-26-27)20-24-12(2)19(31-20)21(28)29/h3,5-11H,1,4H2,2H3,(H,28,29). The Morgan fingerprint density at radius 3 is 2.81 bits per heavy atom. The van der Waals surface area contributed by atoms with Crippen LogP contribution in [0.15, 0.2) is 55.4 Å². The highest BCUT2D eigenvalue weighted by Gasteiger charge is 2.18. The van der Waals surface area contributed by atoms with Crippen molar-refractivity contribution in [2.45, 2.75) is 13.3 Å². The van der Waals surface area contributed by atoms with Gasteiger partial charge >= 0.3 is 5.97 Å². The van der Waals surface area contributed by atoms with Gasteiger partial charge in [0.1, 0.15) is 21.9 Å². The van der Waals surface area contributed by atoms with Gasteiger partial charge in [-0.15, -0.1) is 23.0 Å². The maximum Gasteiger partial charge on any atom is 0.347 e. The van der Waals surface area contributed by atoms with Crippen molar-refractivity contribution in [1.82, 2.24) is 25.2 Å². The van der Waals surface area contributed by atoms with E-state index in [1.165, 1.54) is 17.1 Å². The number of rotatable bonds is 7. The van der Waals surface area contributed by atoms with E-state index in [1.54, 1.807) is 43.3 Å². The fraction of sp³-hybridized carbons (Fsp3) is 0.0952. The first-order chi connectivity index (χ1) is 15.0. The van der Waals surface area contributed by atoms with Crippen LogP contribution in [0.25, 0.3) is 16.3 Å². The third-order valence-electron chi connectivity index (χ3n) is 4.39. The van der Waals surface area contributed by atoms with Gasteiger partial charge in [0.2, 0.25) is 0 Å². The zero-order valence-corrected chi connectivity index (χ0v) is 17.1. The van der Waals surface area contributed by atoms with Gasteiger partial charge in [0.05, 0.1) is 5.69 Å². The molecular weight excluding hydrogens is 421 g/mol. The molecule has 31 heavy (non-hydrogen) atoms. The number of tetrazole rings is 1. The molecule has 0 saturated carbocycles. The minimum absolute atomic E-state index is 0.0553. The van der Waals surface area contributed by atoms with Gasteiger partial charge in [0.15, 0.2) is 17.3 Å². The lowest BCUT2D eigenvalue weighted by atomic mass is 10.1. The lowest BCUT2D eigenvalue weighted by Crippen LogP contribution is -2.00. The van der Waals surface area contributed by atoms with Crippen molar-refractivity contribution in [1.29, 1.82) is 0 Å². The van der Waals surface area contributed by atoms with Gasteiger partial charge in [-0.05, 0) is 59.7 Å². The number of carboxylic acids is 1. The summed E-state index contributed by atoms with van der Waals surface area (Å²) in [7, 11) is 0. The van der Waals surface area contributed by atoms with Gasteiger partial charge in [-0.25, -0.2) is 14.2 Å². The Balaban J connectivity index is 1.77. The highest BCUT2D eigenvalue weighted by molar-refractivity contribution is 7.17. The average Bonchev–Trinajstić information content (AvgIpc) is 3.41. The van der Waals surface area contributed by atoms with Crippen LogP contribution in [0.4, 0.5) is 4.39 Å². The predicted octanol–water partition coefficient (Wildman–Crippen LogP) is 4.45. The SMILES string of the molecule is C=CCc1ccc(F)c(Oc2ccc(-c3nc(C)c(C(=O)O)s3)cc2-n2cnnn2)c1. The molecule has 10 heteroatoms. The summed E-state index contributed by atoms with van der Waals surface area (Å²) in [5.41, 5.74) is 2.38. The zero-order valence-electron chi connectivity index (χ0n) is 16.3. The van der Waals surface area contributed by atoms with Crippen LogP contribution < -0.4 is 4.74 Å². The van der Waals surface area contributed by atoms with Crippen molar-refractivity contribution < 1.29 is 19.0 Å². The molecule has 0 aliphatic heterocycles. The molecule has 0 spiro atoms. The molecule has 156 valence electrons. The molecule has 2 aromatic carbocycles. The van der Waals surface area contributed by atoms with Crippen LogP contribution in [0.1, 0.15) is 20.9 Å². The number of carboxylic acid groups (broad SMARTS) is 1. The number of nitrogens with zero attached hydrogens (tertiary/aromatic N) is 5. The predicted molar refractivity (Wildman–Crippen MR) is 112 cm³/mol. The topological polar surface area (TPSA) is 103 Å². The summed E-state index contributed by atoms with van der Waals surface area (Å²) in [4.78, 5) is 15.9. The number of ether oxygens (including phenoxy) is 1. The number of hydrogen-bond donors (Lipinski definition) is 1. The maximum atomic E-state index is 14.4. The maximum absolute atomic E-state index is 14.4. The molecule has 0 saturated heterocycles. The molecule has 2 aromatic heterocycles. The van der Waals surface area contributed by atoms with Crippen LogP contribution in [-0.4, -0.2) is 36.3 Å². The Kier molecular flexibility index (Phi) is 5.54. The number of allylic oxidation sites excluding steroid dienone is 1. The van der Waals surface area contributed by atoms with E-state index in [0.29, 0.717) is 34.1 Å². The van der Waals surface area contributed by atoms with Crippen LogP contribution in [-0.2, 0) is 6.42 Å². The van der Waals surface area contributed by atoms with Gasteiger partial charge in [-0.1, -0.05) is 12.1 Å². The Morgan fingerprint density at radius 2 is 2.13 bits per heavy atom. The van der Waals surface area contributed by atoms with E-state index in [2.05, 4.69) is 27.1 Å². The fourth-order valence-corrected chi connectivity index (χ4v) is 3.85. The molecule has 0 aliphatic rings. The van der Waals surface area contributed by atoms with Crippen molar-refractivity contribution in [2.24, 2.45) is 0 Å². The second-order valence-corrected chi connectivity index (χ2v) is 7.53. The van der Waals surface area contributed by atoms with Crippen LogP contribution in [0.2, 0.25) is 0 Å². The van der Waals surface area contributed by atoms with Gasteiger partial charge in [0.25, 0.3) is 0 Å². The highest BCUT2D eigenvalue weighted by atomic mass is 32.1. The molecule has 8 nitrogen and oxygen atoms in total. The summed E-state index contributed by atoms with van der Waals surface area (Å²) < 4.78 is 21.6. The monoisotopic (exact) mass is 437 g/mol. The summed E-state index contributed by atoms with van der Waals surface area (Å²) >= 11 is 1.06. The molecule has 0 amide bonds. The first kappa shape index (κ1) is 20.4. The number of aromatic nitrogens is 5. The number of carbonyl (C=O) groups is 1. The average molecular weight is 437 g/mol. The van der Waals surface area contributed by atoms with E-state index in [0.717, 1.165) is 16.9 Å². The Hall–Kier alpha value is -3.92. The summed E-state index contributed by atoms with van der Waals surface area (Å²) in [5, 5.41) is 21.0. The molecule has 0 aliphatic carbocycles. The van der Waals surface area contributed by atoms with E-state index in [9.17, 15) is 14.3 Å². The van der Waals surface area contributed by atoms with E-state index in [4.69, 9.17) is 4.74 Å². The highest BCUT2D eigenvalue weighted by Crippen LogP contribution is 2.35. The van der Waals surface area contributed by atoms with Gasteiger partial charge in [-0.2, -0.15) is 4.68 Å². The summed E-state index contributed by atoms with van der Waals surface area (Å²) in [6.45, 7) is 5.34. The largest absolute Gasteiger partial charge is 0.477 e. The minimum Gasteiger partial charge on any atom is -0.477 e. The Labute approximate surface area is 180 Å². The molecule has 2 heterocycles. The number of thiazole rings is 1. The summed E-state index contributed by atoms with van der Waals surface area (Å²) in [5.74, 6) is -1.17. The number of benzene rings is 2. The van der Waals surface area contributed by atoms with E-state index in [-0.39, 0.29) is 10.6 Å². The first-order valence-corrected chi connectivity index (χ1v) is 9.93. The molecule has 0 bridgehead atoms. The molecule has 0 unspecified atom stereocenters.